The van der Waals surface area contributed by atoms with Crippen LogP contribution in [0.1, 0.15) is 5.56 Å². The van der Waals surface area contributed by atoms with Crippen molar-refractivity contribution in [2.24, 2.45) is 0 Å². The zero-order valence-corrected chi connectivity index (χ0v) is 11.9. The molecule has 2 rings (SSSR count). The summed E-state index contributed by atoms with van der Waals surface area (Å²) < 4.78 is 40.1. The fourth-order valence-corrected chi connectivity index (χ4v) is 1.86. The quantitative estimate of drug-likeness (QED) is 0.888. The van der Waals surface area contributed by atoms with E-state index in [0.29, 0.717) is 0 Å². The van der Waals surface area contributed by atoms with Gasteiger partial charge in [-0.15, -0.1) is 0 Å². The number of halogens is 3. The Kier molecular flexibility index (Phi) is 5.35. The molecule has 2 N–H and O–H groups in total. The molecule has 2 aromatic carbocycles. The van der Waals surface area contributed by atoms with Crippen molar-refractivity contribution < 1.29 is 22.8 Å². The van der Waals surface area contributed by atoms with Crippen molar-refractivity contribution in [3.63, 3.8) is 0 Å². The zero-order valence-electron chi connectivity index (χ0n) is 11.9. The van der Waals surface area contributed by atoms with Crippen molar-refractivity contribution in [1.29, 1.82) is 0 Å². The van der Waals surface area contributed by atoms with Gasteiger partial charge in [-0.2, -0.15) is 0 Å². The van der Waals surface area contributed by atoms with Gasteiger partial charge in [0.1, 0.15) is 23.1 Å². The smallest absolute Gasteiger partial charge is 0.243 e. The van der Waals surface area contributed by atoms with E-state index in [1.54, 1.807) is 6.07 Å². The topological polar surface area (TPSA) is 58.2 Å². The second-order valence-electron chi connectivity index (χ2n) is 4.69. The number of para-hydroxylation sites is 1. The average molecular weight is 322 g/mol. The van der Waals surface area contributed by atoms with Gasteiger partial charge in [-0.25, -0.2) is 13.2 Å². The average Bonchev–Trinajstić information content (AvgIpc) is 2.51. The summed E-state index contributed by atoms with van der Waals surface area (Å²) in [7, 11) is 0. The second-order valence-corrected chi connectivity index (χ2v) is 4.69. The summed E-state index contributed by atoms with van der Waals surface area (Å²) in [5, 5.41) is 4.29. The summed E-state index contributed by atoms with van der Waals surface area (Å²) >= 11 is 0. The Hall–Kier alpha value is -2.83. The third-order valence-electron chi connectivity index (χ3n) is 2.98. The minimum absolute atomic E-state index is 0.186. The number of carbonyl (C=O) groups excluding carboxylic acids is 2. The fourth-order valence-electron chi connectivity index (χ4n) is 1.86. The summed E-state index contributed by atoms with van der Waals surface area (Å²) in [5.41, 5.74) is -0.397. The maximum atomic E-state index is 13.4. The summed E-state index contributed by atoms with van der Waals surface area (Å²) in [6.45, 7) is -0.485. The van der Waals surface area contributed by atoms with Gasteiger partial charge in [-0.05, 0) is 23.8 Å². The van der Waals surface area contributed by atoms with E-state index in [2.05, 4.69) is 5.32 Å². The molecule has 2 amide bonds. The third-order valence-corrected chi connectivity index (χ3v) is 2.98. The first kappa shape index (κ1) is 16.5. The van der Waals surface area contributed by atoms with Crippen molar-refractivity contribution in [3.8, 4) is 0 Å². The van der Waals surface area contributed by atoms with Crippen LogP contribution < -0.4 is 10.6 Å². The molecular weight excluding hydrogens is 309 g/mol. The summed E-state index contributed by atoms with van der Waals surface area (Å²) in [6, 6.07) is 8.90. The minimum Gasteiger partial charge on any atom is -0.347 e. The number of amides is 2. The number of hydrogen-bond donors (Lipinski definition) is 2. The normalized spacial score (nSPS) is 10.2. The Morgan fingerprint density at radius 2 is 1.43 bits per heavy atom. The molecule has 120 valence electrons. The number of benzene rings is 2. The Bertz CT molecular complexity index is 715. The lowest BCUT2D eigenvalue weighted by atomic mass is 10.1. The molecule has 0 radical (unpaired) electrons. The molecule has 0 saturated carbocycles. The first-order valence-corrected chi connectivity index (χ1v) is 6.71. The molecule has 0 heterocycles. The third kappa shape index (κ3) is 4.57. The lowest BCUT2D eigenvalue weighted by Gasteiger charge is -2.09. The van der Waals surface area contributed by atoms with Gasteiger partial charge in [0.2, 0.25) is 11.8 Å². The molecule has 0 fully saturated rings. The number of anilines is 1. The number of carbonyl (C=O) groups is 2. The van der Waals surface area contributed by atoms with Crippen molar-refractivity contribution >= 4 is 17.5 Å². The van der Waals surface area contributed by atoms with Gasteiger partial charge < -0.3 is 10.6 Å². The summed E-state index contributed by atoms with van der Waals surface area (Å²) in [5.74, 6) is -3.75. The predicted molar refractivity (Wildman–Crippen MR) is 78.1 cm³/mol. The molecule has 0 unspecified atom stereocenters. The Morgan fingerprint density at radius 1 is 0.826 bits per heavy atom. The highest BCUT2D eigenvalue weighted by Gasteiger charge is 2.13. The van der Waals surface area contributed by atoms with Crippen molar-refractivity contribution in [2.75, 3.05) is 11.9 Å². The van der Waals surface area contributed by atoms with E-state index in [4.69, 9.17) is 0 Å². The van der Waals surface area contributed by atoms with Crippen molar-refractivity contribution in [2.45, 2.75) is 6.42 Å². The molecule has 2 aromatic rings. The van der Waals surface area contributed by atoms with Gasteiger partial charge in [0.25, 0.3) is 0 Å². The molecule has 0 saturated heterocycles. The van der Waals surface area contributed by atoms with Gasteiger partial charge in [0.15, 0.2) is 0 Å². The van der Waals surface area contributed by atoms with Gasteiger partial charge in [-0.3, -0.25) is 9.59 Å². The molecule has 0 aliphatic rings. The van der Waals surface area contributed by atoms with Crippen LogP contribution in [0.25, 0.3) is 0 Å². The second kappa shape index (κ2) is 7.44. The standard InChI is InChI=1S/C16H13F3N2O2/c17-11-5-2-1-4-10(11)8-14(22)20-9-15(23)21-16-12(18)6-3-7-13(16)19/h1-7H,8-9H2,(H,20,22)(H,21,23). The SMILES string of the molecule is O=C(Cc1ccccc1F)NCC(=O)Nc1c(F)cccc1F. The van der Waals surface area contributed by atoms with Gasteiger partial charge in [0.05, 0.1) is 13.0 Å². The first-order valence-electron chi connectivity index (χ1n) is 6.71. The van der Waals surface area contributed by atoms with Crippen LogP contribution in [0.5, 0.6) is 0 Å². The van der Waals surface area contributed by atoms with E-state index in [-0.39, 0.29) is 12.0 Å². The molecule has 4 nitrogen and oxygen atoms in total. The fraction of sp³-hybridized carbons (Fsp3) is 0.125. The van der Waals surface area contributed by atoms with E-state index >= 15 is 0 Å². The minimum atomic E-state index is -0.920. The van der Waals surface area contributed by atoms with E-state index < -0.39 is 41.5 Å². The monoisotopic (exact) mass is 322 g/mol. The first-order chi connectivity index (χ1) is 11.0. The van der Waals surface area contributed by atoms with Crippen LogP contribution in [0.4, 0.5) is 18.9 Å². The lowest BCUT2D eigenvalue weighted by molar-refractivity contribution is -0.123. The van der Waals surface area contributed by atoms with E-state index in [0.717, 1.165) is 18.2 Å². The number of nitrogens with one attached hydrogen (secondary N) is 2. The van der Waals surface area contributed by atoms with Gasteiger partial charge >= 0.3 is 0 Å². The van der Waals surface area contributed by atoms with Crippen molar-refractivity contribution in [1.82, 2.24) is 5.32 Å². The molecule has 0 aliphatic carbocycles. The molecule has 0 bridgehead atoms. The predicted octanol–water partition coefficient (Wildman–Crippen LogP) is 2.40. The Labute approximate surface area is 130 Å². The van der Waals surface area contributed by atoms with E-state index in [9.17, 15) is 22.8 Å². The van der Waals surface area contributed by atoms with Crippen LogP contribution in [-0.2, 0) is 16.0 Å². The van der Waals surface area contributed by atoms with Crippen LogP contribution in [0.2, 0.25) is 0 Å². The zero-order chi connectivity index (χ0) is 16.8. The van der Waals surface area contributed by atoms with Crippen LogP contribution in [0.3, 0.4) is 0 Å². The molecular formula is C16H13F3N2O2. The van der Waals surface area contributed by atoms with Crippen LogP contribution in [0, 0.1) is 17.5 Å². The molecule has 0 spiro atoms. The maximum absolute atomic E-state index is 13.4. The number of rotatable bonds is 5. The summed E-state index contributed by atoms with van der Waals surface area (Å²) in [6.07, 6.45) is -0.242. The van der Waals surface area contributed by atoms with E-state index in [1.807, 2.05) is 5.32 Å². The van der Waals surface area contributed by atoms with Gasteiger partial charge in [0, 0.05) is 0 Å². The van der Waals surface area contributed by atoms with Crippen LogP contribution in [0.15, 0.2) is 42.5 Å². The highest BCUT2D eigenvalue weighted by molar-refractivity contribution is 5.94. The Balaban J connectivity index is 1.87. The molecule has 7 heteroatoms. The van der Waals surface area contributed by atoms with E-state index in [1.165, 1.54) is 18.2 Å². The highest BCUT2D eigenvalue weighted by Crippen LogP contribution is 2.17. The van der Waals surface area contributed by atoms with Crippen LogP contribution in [-0.4, -0.2) is 18.4 Å². The molecule has 0 atom stereocenters. The lowest BCUT2D eigenvalue weighted by Crippen LogP contribution is -2.34. The molecule has 0 aromatic heterocycles. The van der Waals surface area contributed by atoms with Gasteiger partial charge in [-0.1, -0.05) is 24.3 Å². The Morgan fingerprint density at radius 3 is 2.09 bits per heavy atom. The van der Waals surface area contributed by atoms with Crippen LogP contribution >= 0.6 is 0 Å². The summed E-state index contributed by atoms with van der Waals surface area (Å²) in [4.78, 5) is 23.3. The molecule has 23 heavy (non-hydrogen) atoms. The van der Waals surface area contributed by atoms with Crippen molar-refractivity contribution in [3.05, 3.63) is 65.5 Å². The largest absolute Gasteiger partial charge is 0.347 e. The highest BCUT2D eigenvalue weighted by atomic mass is 19.1. The molecule has 0 aliphatic heterocycles. The number of hydrogen-bond acceptors (Lipinski definition) is 2. The maximum Gasteiger partial charge on any atom is 0.243 e.